The summed E-state index contributed by atoms with van der Waals surface area (Å²) in [5, 5.41) is 2.99. The molecule has 144 valence electrons. The van der Waals surface area contributed by atoms with Gasteiger partial charge in [0.1, 0.15) is 0 Å². The number of anilines is 2. The minimum Gasteiger partial charge on any atom is -0.330 e. The summed E-state index contributed by atoms with van der Waals surface area (Å²) in [6.07, 6.45) is 2.51. The number of hydrogen-bond donors (Lipinski definition) is 2. The predicted octanol–water partition coefficient (Wildman–Crippen LogP) is 2.23. The minimum absolute atomic E-state index is 0. The van der Waals surface area contributed by atoms with E-state index in [0.29, 0.717) is 13.0 Å². The molecule has 0 spiro atoms. The van der Waals surface area contributed by atoms with Crippen LogP contribution in [-0.4, -0.2) is 48.9 Å². The molecular formula is C19H29ClN4O2. The number of benzene rings is 1. The van der Waals surface area contributed by atoms with Crippen molar-refractivity contribution < 1.29 is 9.59 Å². The Morgan fingerprint density at radius 2 is 2.15 bits per heavy atom. The lowest BCUT2D eigenvalue weighted by atomic mass is 9.90. The van der Waals surface area contributed by atoms with Crippen LogP contribution in [-0.2, 0) is 9.59 Å². The summed E-state index contributed by atoms with van der Waals surface area (Å²) >= 11 is 0. The van der Waals surface area contributed by atoms with E-state index in [1.165, 1.54) is 0 Å². The molecule has 0 aliphatic carbocycles. The number of nitrogens with zero attached hydrogens (tertiary/aromatic N) is 2. The lowest BCUT2D eigenvalue weighted by molar-refractivity contribution is -0.120. The van der Waals surface area contributed by atoms with Crippen LogP contribution >= 0.6 is 12.4 Å². The van der Waals surface area contributed by atoms with Crippen molar-refractivity contribution in [3.05, 3.63) is 24.3 Å². The summed E-state index contributed by atoms with van der Waals surface area (Å²) in [5.74, 6) is 0.126. The van der Waals surface area contributed by atoms with Gasteiger partial charge in [0.2, 0.25) is 11.8 Å². The van der Waals surface area contributed by atoms with Crippen LogP contribution in [0.2, 0.25) is 0 Å². The maximum absolute atomic E-state index is 12.6. The Bertz CT molecular complexity index is 669. The molecule has 2 aliphatic rings. The van der Waals surface area contributed by atoms with Gasteiger partial charge in [-0.1, -0.05) is 13.0 Å². The molecule has 0 saturated carbocycles. The number of amides is 2. The van der Waals surface area contributed by atoms with Crippen molar-refractivity contribution in [3.8, 4) is 0 Å². The van der Waals surface area contributed by atoms with Crippen molar-refractivity contribution >= 4 is 35.6 Å². The Labute approximate surface area is 161 Å². The van der Waals surface area contributed by atoms with Gasteiger partial charge in [0.15, 0.2) is 0 Å². The number of likely N-dealkylation sites (tertiary alicyclic amines) is 1. The molecule has 0 bridgehead atoms. The number of halogens is 1. The molecule has 1 aromatic carbocycles. The zero-order valence-electron chi connectivity index (χ0n) is 15.5. The molecule has 26 heavy (non-hydrogen) atoms. The lowest BCUT2D eigenvalue weighted by Crippen LogP contribution is -2.42. The number of nitrogens with one attached hydrogen (secondary N) is 1. The Hall–Kier alpha value is -1.63. The number of carbonyl (C=O) groups is 2. The third kappa shape index (κ3) is 4.37. The number of nitrogens with two attached hydrogens (primary N) is 1. The zero-order chi connectivity index (χ0) is 18.0. The van der Waals surface area contributed by atoms with Gasteiger partial charge >= 0.3 is 0 Å². The van der Waals surface area contributed by atoms with Crippen molar-refractivity contribution in [2.75, 3.05) is 36.4 Å². The fraction of sp³-hybridized carbons (Fsp3) is 0.579. The van der Waals surface area contributed by atoms with Crippen molar-refractivity contribution in [2.45, 2.75) is 39.2 Å². The van der Waals surface area contributed by atoms with Crippen molar-refractivity contribution in [1.82, 2.24) is 4.90 Å². The fourth-order valence-electron chi connectivity index (χ4n) is 3.64. The Balaban J connectivity index is 0.00000243. The van der Waals surface area contributed by atoms with Gasteiger partial charge < -0.3 is 16.0 Å². The molecule has 6 nitrogen and oxygen atoms in total. The van der Waals surface area contributed by atoms with Crippen LogP contribution < -0.4 is 16.0 Å². The van der Waals surface area contributed by atoms with E-state index >= 15 is 0 Å². The highest BCUT2D eigenvalue weighted by Crippen LogP contribution is 2.30. The molecule has 2 aliphatic heterocycles. The first-order valence-electron chi connectivity index (χ1n) is 9.07. The molecule has 2 heterocycles. The average Bonchev–Trinajstić information content (AvgIpc) is 3.21. The highest BCUT2D eigenvalue weighted by atomic mass is 35.5. The molecule has 7 heteroatoms. The van der Waals surface area contributed by atoms with E-state index in [1.807, 2.05) is 31.2 Å². The summed E-state index contributed by atoms with van der Waals surface area (Å²) in [6.45, 7) is 7.24. The first kappa shape index (κ1) is 20.7. The summed E-state index contributed by atoms with van der Waals surface area (Å²) in [6, 6.07) is 7.33. The van der Waals surface area contributed by atoms with Gasteiger partial charge in [-0.25, -0.2) is 0 Å². The summed E-state index contributed by atoms with van der Waals surface area (Å²) in [4.78, 5) is 28.5. The molecular weight excluding hydrogens is 352 g/mol. The van der Waals surface area contributed by atoms with Crippen LogP contribution in [0.1, 0.15) is 33.1 Å². The number of rotatable bonds is 5. The fourth-order valence-corrected chi connectivity index (χ4v) is 3.64. The summed E-state index contributed by atoms with van der Waals surface area (Å²) in [5.41, 5.74) is 7.54. The third-order valence-corrected chi connectivity index (χ3v) is 5.51. The Morgan fingerprint density at radius 3 is 2.77 bits per heavy atom. The van der Waals surface area contributed by atoms with Crippen LogP contribution in [0.4, 0.5) is 11.4 Å². The van der Waals surface area contributed by atoms with Crippen molar-refractivity contribution in [2.24, 2.45) is 11.1 Å². The average molecular weight is 381 g/mol. The Morgan fingerprint density at radius 1 is 1.38 bits per heavy atom. The van der Waals surface area contributed by atoms with Gasteiger partial charge in [0.05, 0.1) is 6.04 Å². The molecule has 0 aromatic heterocycles. The van der Waals surface area contributed by atoms with Crippen LogP contribution in [0.3, 0.4) is 0 Å². The Kier molecular flexibility index (Phi) is 6.66. The van der Waals surface area contributed by atoms with Gasteiger partial charge in [-0.15, -0.1) is 12.4 Å². The van der Waals surface area contributed by atoms with E-state index in [-0.39, 0.29) is 35.7 Å². The molecule has 2 fully saturated rings. The van der Waals surface area contributed by atoms with Gasteiger partial charge in [-0.2, -0.15) is 0 Å². The molecule has 2 unspecified atom stereocenters. The number of hydrogen-bond acceptors (Lipinski definition) is 4. The largest absolute Gasteiger partial charge is 0.330 e. The van der Waals surface area contributed by atoms with Gasteiger partial charge in [0, 0.05) is 30.9 Å². The van der Waals surface area contributed by atoms with Gasteiger partial charge in [-0.3, -0.25) is 14.5 Å². The highest BCUT2D eigenvalue weighted by molar-refractivity contribution is 5.98. The van der Waals surface area contributed by atoms with Crippen LogP contribution in [0.15, 0.2) is 24.3 Å². The van der Waals surface area contributed by atoms with Gasteiger partial charge in [-0.05, 0) is 56.5 Å². The third-order valence-electron chi connectivity index (χ3n) is 5.51. The second kappa shape index (κ2) is 8.37. The first-order valence-corrected chi connectivity index (χ1v) is 9.07. The van der Waals surface area contributed by atoms with E-state index in [0.717, 1.165) is 43.9 Å². The zero-order valence-corrected chi connectivity index (χ0v) is 16.3. The lowest BCUT2D eigenvalue weighted by Gasteiger charge is -2.26. The smallest absolute Gasteiger partial charge is 0.241 e. The summed E-state index contributed by atoms with van der Waals surface area (Å²) in [7, 11) is 0. The second-order valence-corrected chi connectivity index (χ2v) is 7.60. The quantitative estimate of drug-likeness (QED) is 0.821. The first-order chi connectivity index (χ1) is 11.9. The van der Waals surface area contributed by atoms with Crippen molar-refractivity contribution in [3.63, 3.8) is 0 Å². The molecule has 2 amide bonds. The van der Waals surface area contributed by atoms with Crippen LogP contribution in [0.25, 0.3) is 0 Å². The van der Waals surface area contributed by atoms with Crippen molar-refractivity contribution in [1.29, 1.82) is 0 Å². The normalized spacial score (nSPS) is 24.4. The predicted molar refractivity (Wildman–Crippen MR) is 107 cm³/mol. The highest BCUT2D eigenvalue weighted by Gasteiger charge is 2.36. The van der Waals surface area contributed by atoms with E-state index in [4.69, 9.17) is 5.73 Å². The van der Waals surface area contributed by atoms with E-state index in [2.05, 4.69) is 17.1 Å². The topological polar surface area (TPSA) is 78.7 Å². The summed E-state index contributed by atoms with van der Waals surface area (Å²) < 4.78 is 0. The van der Waals surface area contributed by atoms with Crippen LogP contribution in [0, 0.1) is 5.41 Å². The molecule has 2 saturated heterocycles. The second-order valence-electron chi connectivity index (χ2n) is 7.60. The monoisotopic (exact) mass is 380 g/mol. The maximum Gasteiger partial charge on any atom is 0.241 e. The number of carbonyl (C=O) groups excluding carboxylic acids is 2. The van der Waals surface area contributed by atoms with Gasteiger partial charge in [0.25, 0.3) is 0 Å². The molecule has 0 radical (unpaired) electrons. The standard InChI is InChI=1S/C19H28N4O2.ClH/c1-14(22-10-8-19(2,12-20)13-22)18(25)21-15-5-3-6-16(11-15)23-9-4-7-17(23)24;/h3,5-6,11,14H,4,7-10,12-13,20H2,1-2H3,(H,21,25);1H. The molecule has 3 rings (SSSR count). The van der Waals surface area contributed by atoms with E-state index in [9.17, 15) is 9.59 Å². The van der Waals surface area contributed by atoms with E-state index < -0.39 is 0 Å². The maximum atomic E-state index is 12.6. The molecule has 1 aromatic rings. The van der Waals surface area contributed by atoms with E-state index in [1.54, 1.807) is 4.90 Å². The van der Waals surface area contributed by atoms with Crippen LogP contribution in [0.5, 0.6) is 0 Å². The molecule has 2 atom stereocenters. The molecule has 3 N–H and O–H groups in total. The minimum atomic E-state index is -0.203. The SMILES string of the molecule is CC(C(=O)Nc1cccc(N2CCCC2=O)c1)N1CCC(C)(CN)C1.Cl.